The van der Waals surface area contributed by atoms with Gasteiger partial charge in [-0.2, -0.15) is 0 Å². The Kier molecular flexibility index (Phi) is 4.93. The maximum absolute atomic E-state index is 5.43. The van der Waals surface area contributed by atoms with E-state index in [1.807, 2.05) is 20.8 Å². The first-order chi connectivity index (χ1) is 4.95. The molecule has 11 heavy (non-hydrogen) atoms. The zero-order chi connectivity index (χ0) is 8.91. The van der Waals surface area contributed by atoms with E-state index in [0.29, 0.717) is 4.38 Å². The zero-order valence-electron chi connectivity index (χ0n) is 7.55. The van der Waals surface area contributed by atoms with Crippen LogP contribution >= 0.6 is 23.6 Å². The number of ether oxygens (including phenoxy) is 1. The number of thiol groups is 1. The molecule has 0 bridgehead atoms. The highest BCUT2D eigenvalue weighted by atomic mass is 32.2. The van der Waals surface area contributed by atoms with Crippen LogP contribution in [0.25, 0.3) is 0 Å². The predicted octanol–water partition coefficient (Wildman–Crippen LogP) is 2.76. The van der Waals surface area contributed by atoms with Crippen molar-refractivity contribution < 1.29 is 4.74 Å². The normalized spacial score (nSPS) is 12.7. The Morgan fingerprint density at radius 3 is 2.45 bits per heavy atom. The summed E-state index contributed by atoms with van der Waals surface area (Å²) in [6.07, 6.45) is 1.04. The van der Waals surface area contributed by atoms with Gasteiger partial charge < -0.3 is 4.74 Å². The van der Waals surface area contributed by atoms with Crippen molar-refractivity contribution >= 4 is 33.3 Å². The number of hydrogen-bond donors (Lipinski definition) is 1. The summed E-state index contributed by atoms with van der Waals surface area (Å²) in [5, 5.41) is 2.09. The summed E-state index contributed by atoms with van der Waals surface area (Å²) in [6.45, 7) is 8.09. The second-order valence-corrected chi connectivity index (χ2v) is 4.90. The van der Waals surface area contributed by atoms with Crippen LogP contribution < -0.4 is 0 Å². The summed E-state index contributed by atoms with van der Waals surface area (Å²) < 4.78 is 6.09. The maximum Gasteiger partial charge on any atom is 0.211 e. The van der Waals surface area contributed by atoms with Crippen molar-refractivity contribution in [1.82, 2.24) is 0 Å². The van der Waals surface area contributed by atoms with Crippen LogP contribution in [-0.4, -0.2) is 15.4 Å². The minimum absolute atomic E-state index is 0.147. The van der Waals surface area contributed by atoms with Crippen LogP contribution in [0.15, 0.2) is 0 Å². The van der Waals surface area contributed by atoms with E-state index in [-0.39, 0.29) is 5.60 Å². The minimum Gasteiger partial charge on any atom is -0.473 e. The molecule has 0 radical (unpaired) electrons. The van der Waals surface area contributed by atoms with E-state index in [1.54, 1.807) is 0 Å². The second kappa shape index (κ2) is 4.88. The molecule has 66 valence electrons. The van der Waals surface area contributed by atoms with Gasteiger partial charge in [0.15, 0.2) is 0 Å². The Morgan fingerprint density at radius 2 is 2.09 bits per heavy atom. The van der Waals surface area contributed by atoms with E-state index in [4.69, 9.17) is 17.0 Å². The van der Waals surface area contributed by atoms with Gasteiger partial charge >= 0.3 is 0 Å². The van der Waals surface area contributed by atoms with Crippen LogP contribution in [0, 0.1) is 0 Å². The third-order valence-corrected chi connectivity index (χ3v) is 2.02. The van der Waals surface area contributed by atoms with Crippen molar-refractivity contribution in [2.24, 2.45) is 0 Å². The molecule has 0 fully saturated rings. The lowest BCUT2D eigenvalue weighted by Crippen LogP contribution is -2.20. The van der Waals surface area contributed by atoms with E-state index in [1.165, 1.54) is 0 Å². The molecule has 0 unspecified atom stereocenters. The quantitative estimate of drug-likeness (QED) is 0.505. The largest absolute Gasteiger partial charge is 0.473 e. The summed E-state index contributed by atoms with van der Waals surface area (Å²) in [5.41, 5.74) is -0.147. The van der Waals surface area contributed by atoms with E-state index in [9.17, 15) is 0 Å². The lowest BCUT2D eigenvalue weighted by molar-refractivity contribution is 0.128. The van der Waals surface area contributed by atoms with E-state index in [2.05, 4.69) is 12.3 Å². The van der Waals surface area contributed by atoms with Crippen LogP contribution in [0.1, 0.15) is 34.1 Å². The molecule has 0 saturated carbocycles. The summed E-state index contributed by atoms with van der Waals surface area (Å²) in [4.78, 5) is 0. The molecule has 0 aliphatic rings. The fourth-order valence-corrected chi connectivity index (χ4v) is 1.59. The fraction of sp³-hybridized carbons (Fsp3) is 0.750. The molecule has 0 aliphatic carbocycles. The lowest BCUT2D eigenvalue weighted by atomic mass is 10.2. The van der Waals surface area contributed by atoms with Gasteiger partial charge in [-0.15, -0.1) is 11.4 Å². The summed E-state index contributed by atoms with van der Waals surface area (Å²) in [6, 6.07) is 0. The van der Waals surface area contributed by atoms with Gasteiger partial charge in [0, 0.05) is 0 Å². The molecular weight excluding hydrogens is 176 g/mol. The van der Waals surface area contributed by atoms with Gasteiger partial charge in [0.05, 0.1) is 0 Å². The van der Waals surface area contributed by atoms with Gasteiger partial charge in [-0.1, -0.05) is 12.3 Å². The van der Waals surface area contributed by atoms with Gasteiger partial charge in [-0.25, -0.2) is 0 Å². The maximum atomic E-state index is 5.43. The Morgan fingerprint density at radius 1 is 1.55 bits per heavy atom. The third-order valence-electron chi connectivity index (χ3n) is 0.773. The predicted molar refractivity (Wildman–Crippen MR) is 58.8 cm³/mol. The molecule has 0 aromatic heterocycles. The number of thiocarbonyl (C=S) groups is 1. The second-order valence-electron chi connectivity index (χ2n) is 3.20. The first kappa shape index (κ1) is 11.1. The topological polar surface area (TPSA) is 9.23 Å². The lowest BCUT2D eigenvalue weighted by Gasteiger charge is -2.19. The molecular formula is C8H16OS2. The molecule has 0 aliphatic heterocycles. The van der Waals surface area contributed by atoms with Crippen molar-refractivity contribution in [1.29, 1.82) is 0 Å². The fourth-order valence-electron chi connectivity index (χ4n) is 0.454. The first-order valence-electron chi connectivity index (χ1n) is 3.71. The van der Waals surface area contributed by atoms with E-state index < -0.39 is 0 Å². The first-order valence-corrected chi connectivity index (χ1v) is 5.08. The van der Waals surface area contributed by atoms with Crippen molar-refractivity contribution in [2.45, 2.75) is 39.7 Å². The molecule has 0 saturated heterocycles. The highest BCUT2D eigenvalue weighted by molar-refractivity contribution is 8.21. The number of rotatable bonds is 1. The van der Waals surface area contributed by atoms with Crippen molar-refractivity contribution in [3.05, 3.63) is 0 Å². The monoisotopic (exact) mass is 192 g/mol. The smallest absolute Gasteiger partial charge is 0.211 e. The summed E-state index contributed by atoms with van der Waals surface area (Å²) >= 11 is 6.03. The van der Waals surface area contributed by atoms with Crippen LogP contribution in [-0.2, 0) is 4.74 Å². The van der Waals surface area contributed by atoms with Gasteiger partial charge in [-0.05, 0) is 39.4 Å². The van der Waals surface area contributed by atoms with E-state index >= 15 is 0 Å². The van der Waals surface area contributed by atoms with E-state index in [0.717, 1.165) is 17.8 Å². The molecule has 3 heteroatoms. The van der Waals surface area contributed by atoms with Crippen LogP contribution in [0.5, 0.6) is 0 Å². The summed E-state index contributed by atoms with van der Waals surface area (Å²) in [7, 11) is 0. The molecule has 0 aromatic carbocycles. The van der Waals surface area contributed by atoms with Gasteiger partial charge in [0.1, 0.15) is 5.60 Å². The molecule has 0 atom stereocenters. The molecule has 0 rings (SSSR count). The Labute approximate surface area is 78.1 Å². The Bertz CT molecular complexity index is 156. The Balaban J connectivity index is 3.80. The van der Waals surface area contributed by atoms with Gasteiger partial charge in [0.25, 0.3) is 0 Å². The SMILES string of the molecule is CCC=[SH]C(=S)OC(C)(C)C. The molecule has 0 aromatic rings. The highest BCUT2D eigenvalue weighted by Crippen LogP contribution is 2.10. The average molecular weight is 192 g/mol. The van der Waals surface area contributed by atoms with Crippen LogP contribution in [0.2, 0.25) is 0 Å². The van der Waals surface area contributed by atoms with Gasteiger partial charge in [-0.3, -0.25) is 0 Å². The minimum atomic E-state index is -0.147. The molecule has 0 heterocycles. The average Bonchev–Trinajstić information content (AvgIpc) is 1.79. The van der Waals surface area contributed by atoms with Crippen molar-refractivity contribution in [2.75, 3.05) is 0 Å². The molecule has 0 amide bonds. The summed E-state index contributed by atoms with van der Waals surface area (Å²) in [5.74, 6) is 0. The number of hydrogen-bond acceptors (Lipinski definition) is 2. The standard InChI is InChI=1S/C8H16OS2/c1-5-6-11-7(10)9-8(2,3)4/h6,11H,5H2,1-4H3. The zero-order valence-corrected chi connectivity index (χ0v) is 9.26. The third kappa shape index (κ3) is 8.01. The van der Waals surface area contributed by atoms with Crippen LogP contribution in [0.4, 0.5) is 0 Å². The molecule has 1 nitrogen and oxygen atoms in total. The van der Waals surface area contributed by atoms with Crippen molar-refractivity contribution in [3.8, 4) is 0 Å². The molecule has 0 spiro atoms. The van der Waals surface area contributed by atoms with Crippen LogP contribution in [0.3, 0.4) is 0 Å². The van der Waals surface area contributed by atoms with Crippen molar-refractivity contribution in [3.63, 3.8) is 0 Å². The molecule has 0 N–H and O–H groups in total. The Hall–Kier alpha value is 0.110. The van der Waals surface area contributed by atoms with Gasteiger partial charge in [0.2, 0.25) is 4.38 Å². The highest BCUT2D eigenvalue weighted by Gasteiger charge is 2.11.